The number of amides is 1. The predicted molar refractivity (Wildman–Crippen MR) is 111 cm³/mol. The van der Waals surface area contributed by atoms with Gasteiger partial charge in [-0.3, -0.25) is 4.79 Å². The fourth-order valence-corrected chi connectivity index (χ4v) is 2.93. The Morgan fingerprint density at radius 3 is 2.25 bits per heavy atom. The Morgan fingerprint density at radius 1 is 0.964 bits per heavy atom. The van der Waals surface area contributed by atoms with Crippen molar-refractivity contribution in [1.29, 1.82) is 0 Å². The number of carbonyl (C=O) groups is 1. The van der Waals surface area contributed by atoms with Crippen LogP contribution in [0, 0.1) is 0 Å². The molecule has 3 rings (SSSR count). The van der Waals surface area contributed by atoms with E-state index in [0.717, 1.165) is 16.9 Å². The van der Waals surface area contributed by atoms with Crippen LogP contribution in [0.4, 0.5) is 0 Å². The number of hydrogen-bond acceptors (Lipinski definition) is 3. The Kier molecular flexibility index (Phi) is 6.56. The summed E-state index contributed by atoms with van der Waals surface area (Å²) in [5.74, 6) is 1.33. The average Bonchev–Trinajstić information content (AvgIpc) is 2.73. The second-order valence-electron chi connectivity index (χ2n) is 6.37. The van der Waals surface area contributed by atoms with Crippen molar-refractivity contribution in [2.24, 2.45) is 0 Å². The second kappa shape index (κ2) is 9.29. The lowest BCUT2D eigenvalue weighted by molar-refractivity contribution is 0.0940. The van der Waals surface area contributed by atoms with E-state index in [1.54, 1.807) is 31.4 Å². The van der Waals surface area contributed by atoms with Crippen LogP contribution < -0.4 is 14.8 Å². The molecule has 0 aliphatic heterocycles. The van der Waals surface area contributed by atoms with E-state index in [2.05, 4.69) is 5.32 Å². The number of hydrogen-bond donors (Lipinski definition) is 1. The first kappa shape index (κ1) is 19.8. The minimum atomic E-state index is -0.138. The third kappa shape index (κ3) is 5.05. The van der Waals surface area contributed by atoms with E-state index in [1.165, 1.54) is 0 Å². The number of rotatable bonds is 7. The number of halogens is 1. The van der Waals surface area contributed by atoms with E-state index in [4.69, 9.17) is 21.1 Å². The van der Waals surface area contributed by atoms with Gasteiger partial charge in [-0.1, -0.05) is 41.9 Å². The molecule has 0 heterocycles. The Balaban J connectivity index is 1.57. The van der Waals surface area contributed by atoms with Gasteiger partial charge in [-0.05, 0) is 55.0 Å². The van der Waals surface area contributed by atoms with E-state index in [0.29, 0.717) is 22.9 Å². The van der Waals surface area contributed by atoms with Crippen molar-refractivity contribution >= 4 is 17.5 Å². The largest absolute Gasteiger partial charge is 0.497 e. The van der Waals surface area contributed by atoms with Crippen molar-refractivity contribution in [3.8, 4) is 11.5 Å². The molecule has 0 spiro atoms. The van der Waals surface area contributed by atoms with Gasteiger partial charge in [0.1, 0.15) is 18.1 Å². The fourth-order valence-electron chi connectivity index (χ4n) is 2.73. The molecule has 0 aliphatic carbocycles. The van der Waals surface area contributed by atoms with Crippen LogP contribution in [0.1, 0.15) is 34.5 Å². The lowest BCUT2D eigenvalue weighted by Crippen LogP contribution is -2.26. The summed E-state index contributed by atoms with van der Waals surface area (Å²) in [4.78, 5) is 12.5. The van der Waals surface area contributed by atoms with Gasteiger partial charge in [-0.25, -0.2) is 0 Å². The molecular weight excluding hydrogens is 374 g/mol. The molecule has 3 aromatic carbocycles. The van der Waals surface area contributed by atoms with Crippen LogP contribution in [-0.4, -0.2) is 13.0 Å². The van der Waals surface area contributed by atoms with Gasteiger partial charge in [0.15, 0.2) is 0 Å². The van der Waals surface area contributed by atoms with Crippen LogP contribution in [0.3, 0.4) is 0 Å². The molecule has 1 unspecified atom stereocenters. The fraction of sp³-hybridized carbons (Fsp3) is 0.174. The molecule has 1 N–H and O–H groups in total. The van der Waals surface area contributed by atoms with Crippen LogP contribution >= 0.6 is 11.6 Å². The van der Waals surface area contributed by atoms with E-state index >= 15 is 0 Å². The zero-order chi connectivity index (χ0) is 19.9. The molecule has 1 amide bonds. The van der Waals surface area contributed by atoms with Crippen molar-refractivity contribution in [2.45, 2.75) is 19.6 Å². The van der Waals surface area contributed by atoms with Gasteiger partial charge in [-0.15, -0.1) is 0 Å². The van der Waals surface area contributed by atoms with E-state index < -0.39 is 0 Å². The molecule has 0 saturated carbocycles. The van der Waals surface area contributed by atoms with Crippen LogP contribution in [0.25, 0.3) is 0 Å². The Labute approximate surface area is 170 Å². The van der Waals surface area contributed by atoms with Crippen molar-refractivity contribution in [3.63, 3.8) is 0 Å². The van der Waals surface area contributed by atoms with Gasteiger partial charge < -0.3 is 14.8 Å². The third-order valence-electron chi connectivity index (χ3n) is 4.43. The number of carbonyl (C=O) groups excluding carboxylic acids is 1. The number of benzene rings is 3. The Bertz CT molecular complexity index is 923. The van der Waals surface area contributed by atoms with Gasteiger partial charge in [0.2, 0.25) is 0 Å². The highest BCUT2D eigenvalue weighted by Crippen LogP contribution is 2.20. The summed E-state index contributed by atoms with van der Waals surface area (Å²) in [5, 5.41) is 3.67. The molecule has 5 heteroatoms. The molecule has 4 nitrogen and oxygen atoms in total. The van der Waals surface area contributed by atoms with Gasteiger partial charge in [0, 0.05) is 16.1 Å². The van der Waals surface area contributed by atoms with Crippen molar-refractivity contribution in [2.75, 3.05) is 7.11 Å². The van der Waals surface area contributed by atoms with Crippen LogP contribution in [0.2, 0.25) is 5.02 Å². The lowest BCUT2D eigenvalue weighted by atomic mass is 10.1. The predicted octanol–water partition coefficient (Wildman–Crippen LogP) is 5.42. The van der Waals surface area contributed by atoms with E-state index in [-0.39, 0.29) is 11.9 Å². The molecule has 3 aromatic rings. The molecule has 0 radical (unpaired) electrons. The maximum atomic E-state index is 12.5. The molecule has 144 valence electrons. The summed E-state index contributed by atoms with van der Waals surface area (Å²) in [6, 6.07) is 22.1. The minimum Gasteiger partial charge on any atom is -0.497 e. The molecule has 0 fully saturated rings. The van der Waals surface area contributed by atoms with Gasteiger partial charge in [0.05, 0.1) is 13.2 Å². The van der Waals surface area contributed by atoms with Gasteiger partial charge in [0.25, 0.3) is 5.91 Å². The molecule has 0 aliphatic rings. The maximum absolute atomic E-state index is 12.5. The summed E-state index contributed by atoms with van der Waals surface area (Å²) in [5.41, 5.74) is 2.50. The van der Waals surface area contributed by atoms with Crippen molar-refractivity contribution in [3.05, 3.63) is 94.5 Å². The second-order valence-corrected chi connectivity index (χ2v) is 6.78. The Hall–Kier alpha value is -2.98. The van der Waals surface area contributed by atoms with Gasteiger partial charge in [-0.2, -0.15) is 0 Å². The summed E-state index contributed by atoms with van der Waals surface area (Å²) in [6.07, 6.45) is 0. The summed E-state index contributed by atoms with van der Waals surface area (Å²) >= 11 is 6.13. The summed E-state index contributed by atoms with van der Waals surface area (Å²) < 4.78 is 10.9. The number of ether oxygens (including phenoxy) is 2. The van der Waals surface area contributed by atoms with Crippen molar-refractivity contribution < 1.29 is 14.3 Å². The first-order chi connectivity index (χ1) is 13.6. The lowest BCUT2D eigenvalue weighted by Gasteiger charge is -2.15. The quantitative estimate of drug-likeness (QED) is 0.581. The highest BCUT2D eigenvalue weighted by molar-refractivity contribution is 6.31. The molecular formula is C23H22ClNO3. The zero-order valence-electron chi connectivity index (χ0n) is 15.8. The van der Waals surface area contributed by atoms with Crippen LogP contribution in [0.5, 0.6) is 11.5 Å². The van der Waals surface area contributed by atoms with E-state index in [9.17, 15) is 4.79 Å². The first-order valence-corrected chi connectivity index (χ1v) is 9.35. The molecule has 0 aromatic heterocycles. The maximum Gasteiger partial charge on any atom is 0.251 e. The zero-order valence-corrected chi connectivity index (χ0v) is 16.6. The number of methoxy groups -OCH3 is 1. The standard InChI is InChI=1S/C23H22ClNO3/c1-16(17-7-11-20(27-2)12-8-17)25-23(26)18-9-13-21(14-10-18)28-15-19-5-3-4-6-22(19)24/h3-14,16H,15H2,1-2H3,(H,25,26). The monoisotopic (exact) mass is 395 g/mol. The van der Waals surface area contributed by atoms with Crippen LogP contribution in [-0.2, 0) is 6.61 Å². The SMILES string of the molecule is COc1ccc(C(C)NC(=O)c2ccc(OCc3ccccc3Cl)cc2)cc1. The normalized spacial score (nSPS) is 11.5. The number of nitrogens with one attached hydrogen (secondary N) is 1. The average molecular weight is 396 g/mol. The third-order valence-corrected chi connectivity index (χ3v) is 4.80. The van der Waals surface area contributed by atoms with E-state index in [1.807, 2.05) is 55.5 Å². The molecule has 0 bridgehead atoms. The highest BCUT2D eigenvalue weighted by Gasteiger charge is 2.12. The topological polar surface area (TPSA) is 47.6 Å². The molecule has 0 saturated heterocycles. The van der Waals surface area contributed by atoms with Gasteiger partial charge >= 0.3 is 0 Å². The molecule has 1 atom stereocenters. The van der Waals surface area contributed by atoms with Crippen molar-refractivity contribution in [1.82, 2.24) is 5.32 Å². The Morgan fingerprint density at radius 2 is 1.61 bits per heavy atom. The molecule has 28 heavy (non-hydrogen) atoms. The summed E-state index contributed by atoms with van der Waals surface area (Å²) in [7, 11) is 1.63. The minimum absolute atomic E-state index is 0.116. The highest BCUT2D eigenvalue weighted by atomic mass is 35.5. The summed E-state index contributed by atoms with van der Waals surface area (Å²) in [6.45, 7) is 2.32. The first-order valence-electron chi connectivity index (χ1n) is 8.98. The smallest absolute Gasteiger partial charge is 0.251 e. The van der Waals surface area contributed by atoms with Crippen LogP contribution in [0.15, 0.2) is 72.8 Å².